The maximum atomic E-state index is 13.3. The van der Waals surface area contributed by atoms with Crippen LogP contribution in [0.1, 0.15) is 39.2 Å². The first-order chi connectivity index (χ1) is 10.2. The Labute approximate surface area is 130 Å². The summed E-state index contributed by atoms with van der Waals surface area (Å²) in [5, 5.41) is 3.61. The predicted octanol–water partition coefficient (Wildman–Crippen LogP) is 2.82. The highest BCUT2D eigenvalue weighted by Crippen LogP contribution is 2.55. The Morgan fingerprint density at radius 1 is 1.41 bits per heavy atom. The number of anilines is 2. The lowest BCUT2D eigenvalue weighted by Gasteiger charge is -2.39. The van der Waals surface area contributed by atoms with E-state index in [1.807, 2.05) is 4.90 Å². The Kier molecular flexibility index (Phi) is 3.55. The summed E-state index contributed by atoms with van der Waals surface area (Å²) < 4.78 is 26.6. The summed E-state index contributed by atoms with van der Waals surface area (Å²) in [6.07, 6.45) is 1.22. The molecule has 3 rings (SSSR count). The molecule has 4 nitrogen and oxygen atoms in total. The molecule has 2 unspecified atom stereocenters. The van der Waals surface area contributed by atoms with E-state index in [0.29, 0.717) is 23.8 Å². The van der Waals surface area contributed by atoms with Crippen LogP contribution in [0.2, 0.25) is 0 Å². The van der Waals surface area contributed by atoms with Crippen LogP contribution in [-0.4, -0.2) is 30.2 Å². The predicted molar refractivity (Wildman–Crippen MR) is 84.1 cm³/mol. The number of pyridine rings is 1. The summed E-state index contributed by atoms with van der Waals surface area (Å²) in [7, 11) is 0. The number of hydrogen-bond acceptors (Lipinski definition) is 4. The average molecular weight is 310 g/mol. The molecule has 1 saturated heterocycles. The van der Waals surface area contributed by atoms with Crippen molar-refractivity contribution >= 4 is 11.4 Å². The maximum Gasteiger partial charge on any atom is 0.267 e. The van der Waals surface area contributed by atoms with Crippen LogP contribution in [-0.2, 0) is 0 Å². The highest BCUT2D eigenvalue weighted by Gasteiger charge is 2.60. The second kappa shape index (κ2) is 5.05. The maximum absolute atomic E-state index is 13.3. The highest BCUT2D eigenvalue weighted by atomic mass is 19.3. The van der Waals surface area contributed by atoms with Gasteiger partial charge in [-0.1, -0.05) is 20.8 Å². The molecular formula is C16H24F2N4. The molecule has 2 atom stereocenters. The minimum Gasteiger partial charge on any atom is -0.396 e. The van der Waals surface area contributed by atoms with Gasteiger partial charge in [0.2, 0.25) is 0 Å². The van der Waals surface area contributed by atoms with E-state index in [1.54, 1.807) is 0 Å². The first-order valence-electron chi connectivity index (χ1n) is 7.76. The van der Waals surface area contributed by atoms with E-state index in [-0.39, 0.29) is 16.5 Å². The first-order valence-corrected chi connectivity index (χ1v) is 7.76. The van der Waals surface area contributed by atoms with Gasteiger partial charge in [0, 0.05) is 31.4 Å². The molecule has 1 spiro atoms. The largest absolute Gasteiger partial charge is 0.396 e. The van der Waals surface area contributed by atoms with Gasteiger partial charge in [0.1, 0.15) is 0 Å². The van der Waals surface area contributed by atoms with Gasteiger partial charge < -0.3 is 16.0 Å². The number of hydrogen-bond donors (Lipinski definition) is 2. The number of nitrogens with one attached hydrogen (secondary N) is 1. The smallest absolute Gasteiger partial charge is 0.267 e. The van der Waals surface area contributed by atoms with Crippen LogP contribution in [0.3, 0.4) is 0 Å². The van der Waals surface area contributed by atoms with Crippen molar-refractivity contribution in [3.63, 3.8) is 0 Å². The standard InChI is InChI=1S/C16H24F2N4/c1-15(2,3)12-6-16(12)9-22(5-4-21-16)13-10(14(17)18)7-20-8-11(13)19/h7-8,12,14,21H,4-6,9,19H2,1-3H3. The molecule has 2 heterocycles. The molecule has 1 aliphatic heterocycles. The molecule has 22 heavy (non-hydrogen) atoms. The Balaban J connectivity index is 1.88. The second-order valence-electron chi connectivity index (χ2n) is 7.59. The van der Waals surface area contributed by atoms with Gasteiger partial charge in [-0.05, 0) is 17.8 Å². The number of piperazine rings is 1. The van der Waals surface area contributed by atoms with Gasteiger partial charge >= 0.3 is 0 Å². The molecule has 0 bridgehead atoms. The molecule has 2 aliphatic rings. The molecule has 0 radical (unpaired) electrons. The fourth-order valence-corrected chi connectivity index (χ4v) is 3.93. The van der Waals surface area contributed by atoms with Crippen molar-refractivity contribution < 1.29 is 8.78 Å². The molecule has 3 N–H and O–H groups in total. The highest BCUT2D eigenvalue weighted by molar-refractivity contribution is 5.71. The van der Waals surface area contributed by atoms with Crippen LogP contribution in [0, 0.1) is 11.3 Å². The summed E-state index contributed by atoms with van der Waals surface area (Å²) in [6.45, 7) is 8.90. The van der Waals surface area contributed by atoms with E-state index in [1.165, 1.54) is 12.4 Å². The Hall–Kier alpha value is -1.43. The van der Waals surface area contributed by atoms with Crippen LogP contribution in [0.4, 0.5) is 20.2 Å². The minimum absolute atomic E-state index is 0.0333. The van der Waals surface area contributed by atoms with Crippen molar-refractivity contribution in [3.8, 4) is 0 Å². The number of nitrogens with zero attached hydrogens (tertiary/aromatic N) is 2. The van der Waals surface area contributed by atoms with Crippen LogP contribution in [0.15, 0.2) is 12.4 Å². The number of nitrogen functional groups attached to an aromatic ring is 1. The average Bonchev–Trinajstić information content (AvgIpc) is 3.12. The van der Waals surface area contributed by atoms with Crippen molar-refractivity contribution in [2.45, 2.75) is 39.2 Å². The number of alkyl halides is 2. The van der Waals surface area contributed by atoms with Gasteiger partial charge in [-0.25, -0.2) is 8.78 Å². The first kappa shape index (κ1) is 15.5. The van der Waals surface area contributed by atoms with E-state index in [0.717, 1.165) is 19.5 Å². The van der Waals surface area contributed by atoms with Crippen molar-refractivity contribution in [1.29, 1.82) is 0 Å². The van der Waals surface area contributed by atoms with E-state index >= 15 is 0 Å². The fourth-order valence-electron chi connectivity index (χ4n) is 3.93. The molecule has 2 fully saturated rings. The molecule has 0 amide bonds. The molecule has 1 aliphatic carbocycles. The summed E-state index contributed by atoms with van der Waals surface area (Å²) in [5.74, 6) is 0.556. The van der Waals surface area contributed by atoms with E-state index in [4.69, 9.17) is 5.73 Å². The molecule has 0 aromatic carbocycles. The van der Waals surface area contributed by atoms with Crippen molar-refractivity contribution in [1.82, 2.24) is 10.3 Å². The summed E-state index contributed by atoms with van der Waals surface area (Å²) in [4.78, 5) is 5.83. The lowest BCUT2D eigenvalue weighted by molar-refractivity contribution is 0.151. The number of aromatic nitrogens is 1. The van der Waals surface area contributed by atoms with Crippen LogP contribution < -0.4 is 16.0 Å². The third-order valence-corrected chi connectivity index (χ3v) is 4.98. The number of rotatable bonds is 2. The lowest BCUT2D eigenvalue weighted by Crippen LogP contribution is -2.55. The number of nitrogens with two attached hydrogens (primary N) is 1. The minimum atomic E-state index is -2.56. The van der Waals surface area contributed by atoms with Crippen molar-refractivity contribution in [3.05, 3.63) is 18.0 Å². The fraction of sp³-hybridized carbons (Fsp3) is 0.688. The zero-order valence-electron chi connectivity index (χ0n) is 13.4. The third kappa shape index (κ3) is 2.53. The van der Waals surface area contributed by atoms with Crippen LogP contribution in [0.5, 0.6) is 0 Å². The van der Waals surface area contributed by atoms with Gasteiger partial charge in [0.15, 0.2) is 0 Å². The van der Waals surface area contributed by atoms with Crippen LogP contribution >= 0.6 is 0 Å². The monoisotopic (exact) mass is 310 g/mol. The van der Waals surface area contributed by atoms with Gasteiger partial charge in [-0.15, -0.1) is 0 Å². The molecule has 1 aromatic heterocycles. The summed E-state index contributed by atoms with van der Waals surface area (Å²) in [6, 6.07) is 0. The second-order valence-corrected chi connectivity index (χ2v) is 7.59. The van der Waals surface area contributed by atoms with Gasteiger partial charge in [0.05, 0.1) is 23.1 Å². The molecule has 122 valence electrons. The quantitative estimate of drug-likeness (QED) is 0.882. The summed E-state index contributed by atoms with van der Waals surface area (Å²) in [5.41, 5.74) is 6.94. The van der Waals surface area contributed by atoms with Gasteiger partial charge in [-0.3, -0.25) is 4.98 Å². The zero-order chi connectivity index (χ0) is 16.1. The molecule has 6 heteroatoms. The van der Waals surface area contributed by atoms with E-state index < -0.39 is 6.43 Å². The lowest BCUT2D eigenvalue weighted by atomic mass is 9.86. The van der Waals surface area contributed by atoms with Crippen molar-refractivity contribution in [2.75, 3.05) is 30.3 Å². The Morgan fingerprint density at radius 3 is 2.73 bits per heavy atom. The number of halogens is 2. The van der Waals surface area contributed by atoms with E-state index in [9.17, 15) is 8.78 Å². The zero-order valence-corrected chi connectivity index (χ0v) is 13.4. The molecule has 1 saturated carbocycles. The normalized spacial score (nSPS) is 28.5. The van der Waals surface area contributed by atoms with Crippen LogP contribution in [0.25, 0.3) is 0 Å². The van der Waals surface area contributed by atoms with Gasteiger partial charge in [0.25, 0.3) is 6.43 Å². The third-order valence-electron chi connectivity index (χ3n) is 4.98. The molecule has 1 aromatic rings. The molecular weight excluding hydrogens is 286 g/mol. The Bertz CT molecular complexity index is 570. The van der Waals surface area contributed by atoms with Gasteiger partial charge in [-0.2, -0.15) is 0 Å². The van der Waals surface area contributed by atoms with Crippen molar-refractivity contribution in [2.24, 2.45) is 11.3 Å². The SMILES string of the molecule is CC(C)(C)C1CC12CN(c1c(N)cncc1C(F)F)CCN2. The topological polar surface area (TPSA) is 54.2 Å². The van der Waals surface area contributed by atoms with E-state index in [2.05, 4.69) is 31.1 Å². The Morgan fingerprint density at radius 2 is 2.14 bits per heavy atom. The summed E-state index contributed by atoms with van der Waals surface area (Å²) >= 11 is 0.